The van der Waals surface area contributed by atoms with Crippen molar-refractivity contribution >= 4 is 11.6 Å². The van der Waals surface area contributed by atoms with Gasteiger partial charge < -0.3 is 19.3 Å². The summed E-state index contributed by atoms with van der Waals surface area (Å²) in [5, 5.41) is 10.7. The fourth-order valence-corrected chi connectivity index (χ4v) is 2.84. The van der Waals surface area contributed by atoms with Gasteiger partial charge in [-0.3, -0.25) is 0 Å². The van der Waals surface area contributed by atoms with Crippen LogP contribution in [0, 0.1) is 0 Å². The van der Waals surface area contributed by atoms with Gasteiger partial charge in [0.2, 0.25) is 6.79 Å². The Balaban J connectivity index is 1.66. The SMILES string of the molecule is OC(CCC1CCCO1)c1cc(Cl)c2c(c1)OCO2. The number of aliphatic hydroxyl groups is 1. The first kappa shape index (κ1) is 13.0. The molecule has 1 saturated heterocycles. The van der Waals surface area contributed by atoms with Crippen LogP contribution in [-0.4, -0.2) is 24.6 Å². The molecule has 2 heterocycles. The van der Waals surface area contributed by atoms with Crippen molar-refractivity contribution in [2.75, 3.05) is 13.4 Å². The van der Waals surface area contributed by atoms with Gasteiger partial charge in [0.1, 0.15) is 0 Å². The van der Waals surface area contributed by atoms with Crippen LogP contribution in [0.25, 0.3) is 0 Å². The van der Waals surface area contributed by atoms with Crippen LogP contribution >= 0.6 is 11.6 Å². The molecule has 1 aromatic carbocycles. The molecule has 0 aromatic heterocycles. The second kappa shape index (κ2) is 5.57. The van der Waals surface area contributed by atoms with E-state index in [4.69, 9.17) is 25.8 Å². The zero-order valence-electron chi connectivity index (χ0n) is 10.6. The number of ether oxygens (including phenoxy) is 3. The monoisotopic (exact) mass is 284 g/mol. The Kier molecular flexibility index (Phi) is 3.82. The van der Waals surface area contributed by atoms with Crippen LogP contribution in [-0.2, 0) is 4.74 Å². The number of aliphatic hydroxyl groups excluding tert-OH is 1. The predicted molar refractivity (Wildman–Crippen MR) is 70.7 cm³/mol. The second-order valence-corrected chi connectivity index (χ2v) is 5.37. The summed E-state index contributed by atoms with van der Waals surface area (Å²) in [7, 11) is 0. The van der Waals surface area contributed by atoms with E-state index in [0.29, 0.717) is 29.0 Å². The molecule has 2 atom stereocenters. The lowest BCUT2D eigenvalue weighted by Gasteiger charge is -2.15. The van der Waals surface area contributed by atoms with Crippen LogP contribution in [0.5, 0.6) is 11.5 Å². The van der Waals surface area contributed by atoms with Gasteiger partial charge in [0.15, 0.2) is 11.5 Å². The van der Waals surface area contributed by atoms with E-state index >= 15 is 0 Å². The predicted octanol–water partition coefficient (Wildman–Crippen LogP) is 3.06. The Morgan fingerprint density at radius 1 is 1.37 bits per heavy atom. The molecule has 4 nitrogen and oxygen atoms in total. The largest absolute Gasteiger partial charge is 0.454 e. The molecule has 1 aromatic rings. The highest BCUT2D eigenvalue weighted by Crippen LogP contribution is 2.41. The van der Waals surface area contributed by atoms with Gasteiger partial charge in [0.25, 0.3) is 0 Å². The molecule has 2 unspecified atom stereocenters. The lowest BCUT2D eigenvalue weighted by Crippen LogP contribution is -2.08. The van der Waals surface area contributed by atoms with Gasteiger partial charge >= 0.3 is 0 Å². The van der Waals surface area contributed by atoms with Crippen molar-refractivity contribution in [3.8, 4) is 11.5 Å². The lowest BCUT2D eigenvalue weighted by molar-refractivity contribution is 0.0812. The lowest BCUT2D eigenvalue weighted by atomic mass is 10.0. The summed E-state index contributed by atoms with van der Waals surface area (Å²) in [5.74, 6) is 1.18. The number of halogens is 1. The van der Waals surface area contributed by atoms with Gasteiger partial charge in [-0.15, -0.1) is 0 Å². The van der Waals surface area contributed by atoms with E-state index in [2.05, 4.69) is 0 Å². The maximum absolute atomic E-state index is 10.2. The van der Waals surface area contributed by atoms with E-state index in [1.807, 2.05) is 0 Å². The maximum atomic E-state index is 10.2. The maximum Gasteiger partial charge on any atom is 0.231 e. The third-order valence-corrected chi connectivity index (χ3v) is 3.90. The minimum absolute atomic E-state index is 0.185. The molecule has 2 aliphatic heterocycles. The molecule has 3 rings (SSSR count). The van der Waals surface area contributed by atoms with Gasteiger partial charge in [-0.2, -0.15) is 0 Å². The Morgan fingerprint density at radius 3 is 3.05 bits per heavy atom. The first-order valence-corrected chi connectivity index (χ1v) is 7.00. The van der Waals surface area contributed by atoms with E-state index in [0.717, 1.165) is 31.4 Å². The summed E-state index contributed by atoms with van der Waals surface area (Å²) in [5.41, 5.74) is 0.771. The highest BCUT2D eigenvalue weighted by atomic mass is 35.5. The fraction of sp³-hybridized carbons (Fsp3) is 0.571. The quantitative estimate of drug-likeness (QED) is 0.923. The molecule has 5 heteroatoms. The molecule has 1 N–H and O–H groups in total. The van der Waals surface area contributed by atoms with Crippen molar-refractivity contribution in [3.05, 3.63) is 22.7 Å². The average molecular weight is 285 g/mol. The number of rotatable bonds is 4. The van der Waals surface area contributed by atoms with Crippen LogP contribution in [0.1, 0.15) is 37.4 Å². The molecular weight excluding hydrogens is 268 g/mol. The highest BCUT2D eigenvalue weighted by molar-refractivity contribution is 6.32. The molecule has 1 fully saturated rings. The van der Waals surface area contributed by atoms with Gasteiger partial charge in [-0.1, -0.05) is 11.6 Å². The van der Waals surface area contributed by atoms with E-state index in [1.165, 1.54) is 0 Å². The Morgan fingerprint density at radius 2 is 2.26 bits per heavy atom. The zero-order valence-corrected chi connectivity index (χ0v) is 11.4. The summed E-state index contributed by atoms with van der Waals surface area (Å²) >= 11 is 6.11. The number of benzene rings is 1. The standard InChI is InChI=1S/C14H17ClO4/c15-11-6-9(7-13-14(11)19-8-18-13)12(16)4-3-10-2-1-5-17-10/h6-7,10,12,16H,1-5,8H2. The Hall–Kier alpha value is -0.970. The van der Waals surface area contributed by atoms with Crippen molar-refractivity contribution in [1.82, 2.24) is 0 Å². The van der Waals surface area contributed by atoms with E-state index < -0.39 is 6.10 Å². The summed E-state index contributed by atoms with van der Waals surface area (Å²) in [6.45, 7) is 1.03. The first-order chi connectivity index (χ1) is 9.24. The number of fused-ring (bicyclic) bond motifs is 1. The second-order valence-electron chi connectivity index (χ2n) is 4.96. The van der Waals surface area contributed by atoms with E-state index in [-0.39, 0.29) is 6.79 Å². The van der Waals surface area contributed by atoms with Crippen molar-refractivity contribution in [2.24, 2.45) is 0 Å². The minimum Gasteiger partial charge on any atom is -0.454 e. The summed E-state index contributed by atoms with van der Waals surface area (Å²) in [4.78, 5) is 0. The third-order valence-electron chi connectivity index (χ3n) is 3.62. The molecule has 19 heavy (non-hydrogen) atoms. The fourth-order valence-electron chi connectivity index (χ4n) is 2.56. The molecule has 0 amide bonds. The van der Waals surface area contributed by atoms with E-state index in [9.17, 15) is 5.11 Å². The number of hydrogen-bond donors (Lipinski definition) is 1. The molecule has 0 radical (unpaired) electrons. The minimum atomic E-state index is -0.545. The first-order valence-electron chi connectivity index (χ1n) is 6.63. The molecule has 0 aliphatic carbocycles. The Labute approximate surface area is 117 Å². The van der Waals surface area contributed by atoms with Crippen molar-refractivity contribution in [2.45, 2.75) is 37.9 Å². The molecule has 0 saturated carbocycles. The molecule has 0 spiro atoms. The smallest absolute Gasteiger partial charge is 0.231 e. The third kappa shape index (κ3) is 2.81. The van der Waals surface area contributed by atoms with Crippen molar-refractivity contribution < 1.29 is 19.3 Å². The van der Waals surface area contributed by atoms with Crippen LogP contribution in [0.4, 0.5) is 0 Å². The molecule has 2 aliphatic rings. The molecular formula is C14H17ClO4. The zero-order chi connectivity index (χ0) is 13.2. The van der Waals surface area contributed by atoms with Crippen LogP contribution in [0.15, 0.2) is 12.1 Å². The van der Waals surface area contributed by atoms with E-state index in [1.54, 1.807) is 12.1 Å². The summed E-state index contributed by atoms with van der Waals surface area (Å²) in [6, 6.07) is 3.55. The molecule has 0 bridgehead atoms. The van der Waals surface area contributed by atoms with Gasteiger partial charge in [0.05, 0.1) is 17.2 Å². The van der Waals surface area contributed by atoms with Gasteiger partial charge in [0, 0.05) is 6.61 Å². The van der Waals surface area contributed by atoms with Crippen LogP contribution in [0.2, 0.25) is 5.02 Å². The summed E-state index contributed by atoms with van der Waals surface area (Å²) < 4.78 is 16.1. The van der Waals surface area contributed by atoms with Gasteiger partial charge in [-0.05, 0) is 43.4 Å². The average Bonchev–Trinajstić information content (AvgIpc) is 3.06. The molecule has 104 valence electrons. The Bertz CT molecular complexity index is 457. The highest BCUT2D eigenvalue weighted by Gasteiger charge is 2.22. The summed E-state index contributed by atoms with van der Waals surface area (Å²) in [6.07, 6.45) is 3.49. The normalized spacial score (nSPS) is 22.7. The number of hydrogen-bond acceptors (Lipinski definition) is 4. The topological polar surface area (TPSA) is 47.9 Å². The van der Waals surface area contributed by atoms with Crippen molar-refractivity contribution in [3.63, 3.8) is 0 Å². The van der Waals surface area contributed by atoms with Crippen LogP contribution < -0.4 is 9.47 Å². The van der Waals surface area contributed by atoms with Crippen molar-refractivity contribution in [1.29, 1.82) is 0 Å². The van der Waals surface area contributed by atoms with Crippen LogP contribution in [0.3, 0.4) is 0 Å². The van der Waals surface area contributed by atoms with Gasteiger partial charge in [-0.25, -0.2) is 0 Å².